The van der Waals surface area contributed by atoms with Crippen LogP contribution >= 0.6 is 0 Å². The molecule has 0 aliphatic carbocycles. The number of carbonyl (C=O) groups excluding carboxylic acids is 1. The second-order valence-corrected chi connectivity index (χ2v) is 5.38. The molecule has 1 aliphatic heterocycles. The number of para-hydroxylation sites is 2. The average molecular weight is 291 g/mol. The number of hydrogen-bond donors (Lipinski definition) is 3. The SMILES string of the molecule is Nc1ccccc1NC(=O)N1CCC(CCC(=O)O)CC1. The Kier molecular flexibility index (Phi) is 5.03. The summed E-state index contributed by atoms with van der Waals surface area (Å²) in [7, 11) is 0. The Hall–Kier alpha value is -2.24. The fourth-order valence-corrected chi connectivity index (χ4v) is 2.56. The van der Waals surface area contributed by atoms with Gasteiger partial charge in [0.15, 0.2) is 0 Å². The lowest BCUT2D eigenvalue weighted by Gasteiger charge is -2.32. The van der Waals surface area contributed by atoms with Gasteiger partial charge in [-0.1, -0.05) is 12.1 Å². The second kappa shape index (κ2) is 6.97. The Morgan fingerprint density at radius 2 is 1.95 bits per heavy atom. The number of carboxylic acid groups (broad SMARTS) is 1. The maximum absolute atomic E-state index is 12.2. The fourth-order valence-electron chi connectivity index (χ4n) is 2.56. The quantitative estimate of drug-likeness (QED) is 0.742. The van der Waals surface area contributed by atoms with Gasteiger partial charge in [-0.05, 0) is 37.3 Å². The maximum Gasteiger partial charge on any atom is 0.321 e. The van der Waals surface area contributed by atoms with Crippen LogP contribution in [0.2, 0.25) is 0 Å². The average Bonchev–Trinajstić information content (AvgIpc) is 2.48. The molecule has 1 aromatic rings. The summed E-state index contributed by atoms with van der Waals surface area (Å²) in [6, 6.07) is 7.01. The molecule has 1 aromatic carbocycles. The summed E-state index contributed by atoms with van der Waals surface area (Å²) >= 11 is 0. The Labute approximate surface area is 123 Å². The fraction of sp³-hybridized carbons (Fsp3) is 0.467. The molecule has 1 heterocycles. The van der Waals surface area contributed by atoms with E-state index in [4.69, 9.17) is 10.8 Å². The van der Waals surface area contributed by atoms with E-state index in [0.29, 0.717) is 36.8 Å². The number of likely N-dealkylation sites (tertiary alicyclic amines) is 1. The van der Waals surface area contributed by atoms with E-state index < -0.39 is 5.97 Å². The van der Waals surface area contributed by atoms with E-state index in [9.17, 15) is 9.59 Å². The summed E-state index contributed by atoms with van der Waals surface area (Å²) in [5, 5.41) is 11.5. The zero-order valence-electron chi connectivity index (χ0n) is 11.9. The summed E-state index contributed by atoms with van der Waals surface area (Å²) in [5.41, 5.74) is 6.96. The van der Waals surface area contributed by atoms with Gasteiger partial charge in [0.1, 0.15) is 0 Å². The summed E-state index contributed by atoms with van der Waals surface area (Å²) < 4.78 is 0. The van der Waals surface area contributed by atoms with Crippen molar-refractivity contribution in [2.24, 2.45) is 5.92 Å². The Morgan fingerprint density at radius 1 is 1.29 bits per heavy atom. The summed E-state index contributed by atoms with van der Waals surface area (Å²) in [5.74, 6) is -0.360. The summed E-state index contributed by atoms with van der Waals surface area (Å²) in [6.07, 6.45) is 2.60. The van der Waals surface area contributed by atoms with Crippen molar-refractivity contribution in [3.8, 4) is 0 Å². The molecule has 0 saturated carbocycles. The second-order valence-electron chi connectivity index (χ2n) is 5.38. The van der Waals surface area contributed by atoms with Crippen molar-refractivity contribution in [2.75, 3.05) is 24.1 Å². The van der Waals surface area contributed by atoms with E-state index in [1.807, 2.05) is 12.1 Å². The Morgan fingerprint density at radius 3 is 2.57 bits per heavy atom. The predicted molar refractivity (Wildman–Crippen MR) is 81.0 cm³/mol. The largest absolute Gasteiger partial charge is 0.481 e. The van der Waals surface area contributed by atoms with Gasteiger partial charge in [-0.15, -0.1) is 0 Å². The molecule has 0 radical (unpaired) electrons. The molecule has 0 spiro atoms. The molecule has 0 bridgehead atoms. The molecule has 4 N–H and O–H groups in total. The molecular formula is C15H21N3O3. The standard InChI is InChI=1S/C15H21N3O3/c16-12-3-1-2-4-13(12)17-15(21)18-9-7-11(8-10-18)5-6-14(19)20/h1-4,11H,5-10,16H2,(H,17,21)(H,19,20). The van der Waals surface area contributed by atoms with Crippen molar-refractivity contribution in [3.05, 3.63) is 24.3 Å². The first-order valence-electron chi connectivity index (χ1n) is 7.18. The number of hydrogen-bond acceptors (Lipinski definition) is 3. The third-order valence-corrected chi connectivity index (χ3v) is 3.87. The van der Waals surface area contributed by atoms with E-state index in [0.717, 1.165) is 12.8 Å². The molecule has 1 saturated heterocycles. The molecule has 6 heteroatoms. The van der Waals surface area contributed by atoms with Gasteiger partial charge in [0, 0.05) is 19.5 Å². The zero-order chi connectivity index (χ0) is 15.2. The van der Waals surface area contributed by atoms with Crippen molar-refractivity contribution in [2.45, 2.75) is 25.7 Å². The number of nitrogens with one attached hydrogen (secondary N) is 1. The molecule has 0 atom stereocenters. The van der Waals surface area contributed by atoms with Gasteiger partial charge >= 0.3 is 12.0 Å². The summed E-state index contributed by atoms with van der Waals surface area (Å²) in [6.45, 7) is 1.31. The molecule has 114 valence electrons. The van der Waals surface area contributed by atoms with Crippen molar-refractivity contribution in [1.82, 2.24) is 4.90 Å². The van der Waals surface area contributed by atoms with Crippen LogP contribution in [0.5, 0.6) is 0 Å². The van der Waals surface area contributed by atoms with E-state index in [1.165, 1.54) is 0 Å². The first-order chi connectivity index (χ1) is 10.1. The monoisotopic (exact) mass is 291 g/mol. The molecule has 2 rings (SSSR count). The number of urea groups is 1. The van der Waals surface area contributed by atoms with E-state index in [-0.39, 0.29) is 12.5 Å². The number of carboxylic acids is 1. The number of piperidine rings is 1. The molecular weight excluding hydrogens is 270 g/mol. The predicted octanol–water partition coefficient (Wildman–Crippen LogP) is 2.38. The van der Waals surface area contributed by atoms with Crippen LogP contribution in [0.3, 0.4) is 0 Å². The van der Waals surface area contributed by atoms with Crippen LogP contribution in [0, 0.1) is 5.92 Å². The van der Waals surface area contributed by atoms with Crippen LogP contribution in [-0.2, 0) is 4.79 Å². The maximum atomic E-state index is 12.2. The molecule has 0 unspecified atom stereocenters. The first kappa shape index (κ1) is 15.2. The highest BCUT2D eigenvalue weighted by Crippen LogP contribution is 2.23. The third kappa shape index (κ3) is 4.37. The summed E-state index contributed by atoms with van der Waals surface area (Å²) in [4.78, 5) is 24.5. The molecule has 6 nitrogen and oxygen atoms in total. The minimum absolute atomic E-state index is 0.149. The zero-order valence-corrected chi connectivity index (χ0v) is 11.9. The van der Waals surface area contributed by atoms with Crippen molar-refractivity contribution in [3.63, 3.8) is 0 Å². The highest BCUT2D eigenvalue weighted by Gasteiger charge is 2.23. The van der Waals surface area contributed by atoms with E-state index in [1.54, 1.807) is 17.0 Å². The van der Waals surface area contributed by atoms with E-state index >= 15 is 0 Å². The lowest BCUT2D eigenvalue weighted by molar-refractivity contribution is -0.137. The van der Waals surface area contributed by atoms with Gasteiger partial charge in [-0.2, -0.15) is 0 Å². The van der Waals surface area contributed by atoms with Crippen LogP contribution in [0.15, 0.2) is 24.3 Å². The molecule has 2 amide bonds. The third-order valence-electron chi connectivity index (χ3n) is 3.87. The van der Waals surface area contributed by atoms with Crippen LogP contribution in [-0.4, -0.2) is 35.1 Å². The number of nitrogen functional groups attached to an aromatic ring is 1. The number of nitrogens with two attached hydrogens (primary N) is 1. The minimum atomic E-state index is -0.755. The number of anilines is 2. The minimum Gasteiger partial charge on any atom is -0.481 e. The molecule has 1 fully saturated rings. The molecule has 21 heavy (non-hydrogen) atoms. The van der Waals surface area contributed by atoms with Gasteiger partial charge < -0.3 is 21.1 Å². The molecule has 0 aromatic heterocycles. The number of benzene rings is 1. The molecule has 1 aliphatic rings. The van der Waals surface area contributed by atoms with Crippen LogP contribution in [0.1, 0.15) is 25.7 Å². The lowest BCUT2D eigenvalue weighted by Crippen LogP contribution is -2.41. The number of rotatable bonds is 4. The highest BCUT2D eigenvalue weighted by molar-refractivity contribution is 5.92. The normalized spacial score (nSPS) is 15.7. The van der Waals surface area contributed by atoms with E-state index in [2.05, 4.69) is 5.32 Å². The van der Waals surface area contributed by atoms with Gasteiger partial charge in [-0.25, -0.2) is 4.79 Å². The van der Waals surface area contributed by atoms with Crippen LogP contribution < -0.4 is 11.1 Å². The van der Waals surface area contributed by atoms with Crippen molar-refractivity contribution >= 4 is 23.4 Å². The Bertz CT molecular complexity index is 511. The van der Waals surface area contributed by atoms with Gasteiger partial charge in [-0.3, -0.25) is 4.79 Å². The van der Waals surface area contributed by atoms with Crippen molar-refractivity contribution in [1.29, 1.82) is 0 Å². The number of aliphatic carboxylic acids is 1. The number of carbonyl (C=O) groups is 2. The number of nitrogens with zero attached hydrogens (tertiary/aromatic N) is 1. The number of amides is 2. The van der Waals surface area contributed by atoms with Gasteiger partial charge in [0.25, 0.3) is 0 Å². The van der Waals surface area contributed by atoms with Crippen molar-refractivity contribution < 1.29 is 14.7 Å². The van der Waals surface area contributed by atoms with Crippen LogP contribution in [0.4, 0.5) is 16.2 Å². The topological polar surface area (TPSA) is 95.7 Å². The van der Waals surface area contributed by atoms with Crippen LogP contribution in [0.25, 0.3) is 0 Å². The highest BCUT2D eigenvalue weighted by atomic mass is 16.4. The first-order valence-corrected chi connectivity index (χ1v) is 7.18. The lowest BCUT2D eigenvalue weighted by atomic mass is 9.92. The smallest absolute Gasteiger partial charge is 0.321 e. The van der Waals surface area contributed by atoms with Gasteiger partial charge in [0.05, 0.1) is 11.4 Å². The van der Waals surface area contributed by atoms with Gasteiger partial charge in [0.2, 0.25) is 0 Å². The Balaban J connectivity index is 1.81.